The summed E-state index contributed by atoms with van der Waals surface area (Å²) >= 11 is 0. The van der Waals surface area contributed by atoms with Crippen LogP contribution in [0.25, 0.3) is 0 Å². The molecule has 176 valence electrons. The Balaban J connectivity index is 1.51. The monoisotopic (exact) mass is 426 g/mol. The lowest BCUT2D eigenvalue weighted by Crippen LogP contribution is -2.52. The lowest BCUT2D eigenvalue weighted by Gasteiger charge is -2.59. The molecule has 3 fully saturated rings. The minimum Gasteiger partial charge on any atom is -0.393 e. The zero-order valence-electron chi connectivity index (χ0n) is 21.6. The number of rotatable bonds is 5. The molecular weight excluding hydrogens is 376 g/mol. The highest BCUT2D eigenvalue weighted by molar-refractivity contribution is 5.28. The van der Waals surface area contributed by atoms with Gasteiger partial charge in [-0.25, -0.2) is 0 Å². The van der Waals surface area contributed by atoms with Crippen LogP contribution in [0.5, 0.6) is 0 Å². The standard InChI is InChI=1S/C30H50O/c1-8-22(19(2)3)10-9-20(4)24-13-14-26-23-11-12-25-21(5)28(31)16-18-30(25,7)27(23)15-17-29(24,26)6/h8,11,19-21,24-28,31H,9-10,12-18H2,1-7H3/t20-,21+,24-,25+,26+,27+,28+,29-,30+/m1/s1. The first-order valence-corrected chi connectivity index (χ1v) is 13.7. The predicted octanol–water partition coefficient (Wildman–Crippen LogP) is 8.19. The van der Waals surface area contributed by atoms with Gasteiger partial charge >= 0.3 is 0 Å². The SMILES string of the molecule is CC=C(CC[C@@H](C)[C@H]1CC[C@H]2C3=CC[C@H]4[C@H](C)[C@@H](O)CC[C@]4(C)[C@H]3CC[C@]12C)C(C)C. The Labute approximate surface area is 193 Å². The molecule has 0 amide bonds. The summed E-state index contributed by atoms with van der Waals surface area (Å²) in [6.45, 7) is 17.1. The lowest BCUT2D eigenvalue weighted by atomic mass is 9.46. The molecule has 0 aromatic heterocycles. The highest BCUT2D eigenvalue weighted by atomic mass is 16.3. The summed E-state index contributed by atoms with van der Waals surface area (Å²) in [5.74, 6) is 5.16. The van der Waals surface area contributed by atoms with Crippen molar-refractivity contribution in [3.63, 3.8) is 0 Å². The maximum absolute atomic E-state index is 10.5. The van der Waals surface area contributed by atoms with Crippen LogP contribution in [-0.2, 0) is 0 Å². The fraction of sp³-hybridized carbons (Fsp3) is 0.867. The largest absolute Gasteiger partial charge is 0.393 e. The first-order valence-electron chi connectivity index (χ1n) is 13.7. The Morgan fingerprint density at radius 3 is 2.42 bits per heavy atom. The first-order chi connectivity index (χ1) is 14.6. The molecule has 4 rings (SSSR count). The molecule has 3 saturated carbocycles. The van der Waals surface area contributed by atoms with Gasteiger partial charge in [-0.2, -0.15) is 0 Å². The van der Waals surface area contributed by atoms with E-state index < -0.39 is 0 Å². The molecule has 0 saturated heterocycles. The van der Waals surface area contributed by atoms with Crippen molar-refractivity contribution in [1.82, 2.24) is 0 Å². The van der Waals surface area contributed by atoms with Crippen molar-refractivity contribution in [3.05, 3.63) is 23.3 Å². The third-order valence-corrected chi connectivity index (χ3v) is 11.3. The van der Waals surface area contributed by atoms with Crippen LogP contribution in [0.1, 0.15) is 106 Å². The van der Waals surface area contributed by atoms with Gasteiger partial charge in [0, 0.05) is 0 Å². The van der Waals surface area contributed by atoms with E-state index in [0.717, 1.165) is 30.1 Å². The van der Waals surface area contributed by atoms with Gasteiger partial charge in [0.25, 0.3) is 0 Å². The van der Waals surface area contributed by atoms with Crippen LogP contribution < -0.4 is 0 Å². The average molecular weight is 427 g/mol. The molecule has 0 unspecified atom stereocenters. The molecule has 4 aliphatic carbocycles. The van der Waals surface area contributed by atoms with Crippen LogP contribution in [0.4, 0.5) is 0 Å². The molecule has 0 aromatic rings. The molecule has 1 N–H and O–H groups in total. The van der Waals surface area contributed by atoms with Crippen molar-refractivity contribution < 1.29 is 5.11 Å². The number of hydrogen-bond donors (Lipinski definition) is 1. The second kappa shape index (κ2) is 8.66. The molecule has 0 radical (unpaired) electrons. The normalized spacial score (nSPS) is 46.2. The minimum atomic E-state index is -0.0773. The Morgan fingerprint density at radius 2 is 1.74 bits per heavy atom. The zero-order chi connectivity index (χ0) is 22.6. The fourth-order valence-electron chi connectivity index (χ4n) is 9.28. The van der Waals surface area contributed by atoms with E-state index in [-0.39, 0.29) is 6.10 Å². The summed E-state index contributed by atoms with van der Waals surface area (Å²) in [5, 5.41) is 10.5. The van der Waals surface area contributed by atoms with E-state index in [2.05, 4.69) is 60.6 Å². The van der Waals surface area contributed by atoms with Crippen LogP contribution in [-0.4, -0.2) is 11.2 Å². The molecular formula is C30H50O. The summed E-state index contributed by atoms with van der Waals surface area (Å²) in [6.07, 6.45) is 16.8. The van der Waals surface area contributed by atoms with Gasteiger partial charge < -0.3 is 5.11 Å². The molecule has 1 nitrogen and oxygen atoms in total. The van der Waals surface area contributed by atoms with Gasteiger partial charge in [0.15, 0.2) is 0 Å². The summed E-state index contributed by atoms with van der Waals surface area (Å²) < 4.78 is 0. The number of aliphatic hydroxyl groups excluding tert-OH is 1. The van der Waals surface area contributed by atoms with Gasteiger partial charge in [0.05, 0.1) is 6.10 Å². The number of fused-ring (bicyclic) bond motifs is 5. The molecule has 9 atom stereocenters. The molecule has 0 bridgehead atoms. The average Bonchev–Trinajstić information content (AvgIpc) is 3.08. The van der Waals surface area contributed by atoms with Gasteiger partial charge in [-0.15, -0.1) is 0 Å². The van der Waals surface area contributed by atoms with E-state index in [1.807, 2.05) is 5.57 Å². The Hall–Kier alpha value is -0.560. The quantitative estimate of drug-likeness (QED) is 0.439. The van der Waals surface area contributed by atoms with Crippen LogP contribution in [0.15, 0.2) is 23.3 Å². The smallest absolute Gasteiger partial charge is 0.0568 e. The summed E-state index contributed by atoms with van der Waals surface area (Å²) in [4.78, 5) is 0. The lowest BCUT2D eigenvalue weighted by molar-refractivity contribution is -0.0773. The van der Waals surface area contributed by atoms with Crippen LogP contribution in [0.3, 0.4) is 0 Å². The van der Waals surface area contributed by atoms with E-state index >= 15 is 0 Å². The molecule has 0 heterocycles. The van der Waals surface area contributed by atoms with Crippen LogP contribution in [0, 0.1) is 52.3 Å². The summed E-state index contributed by atoms with van der Waals surface area (Å²) in [6, 6.07) is 0. The highest BCUT2D eigenvalue weighted by Gasteiger charge is 2.59. The van der Waals surface area contributed by atoms with Crippen molar-refractivity contribution >= 4 is 0 Å². The molecule has 0 aliphatic heterocycles. The second-order valence-electron chi connectivity index (χ2n) is 12.9. The van der Waals surface area contributed by atoms with Gasteiger partial charge in [-0.3, -0.25) is 0 Å². The van der Waals surface area contributed by atoms with Crippen molar-refractivity contribution in [2.24, 2.45) is 52.3 Å². The van der Waals surface area contributed by atoms with Crippen molar-refractivity contribution in [2.45, 2.75) is 112 Å². The van der Waals surface area contributed by atoms with Crippen molar-refractivity contribution in [2.75, 3.05) is 0 Å². The predicted molar refractivity (Wildman–Crippen MR) is 133 cm³/mol. The molecule has 1 heteroatoms. The van der Waals surface area contributed by atoms with Gasteiger partial charge in [-0.05, 0) is 117 Å². The minimum absolute atomic E-state index is 0.0773. The third-order valence-electron chi connectivity index (χ3n) is 11.3. The first kappa shape index (κ1) is 23.6. The van der Waals surface area contributed by atoms with Crippen molar-refractivity contribution in [1.29, 1.82) is 0 Å². The topological polar surface area (TPSA) is 20.2 Å². The number of hydrogen-bond acceptors (Lipinski definition) is 1. The molecule has 4 aliphatic rings. The van der Waals surface area contributed by atoms with Crippen LogP contribution >= 0.6 is 0 Å². The highest BCUT2D eigenvalue weighted by Crippen LogP contribution is 2.67. The van der Waals surface area contributed by atoms with Gasteiger partial charge in [-0.1, -0.05) is 64.8 Å². The van der Waals surface area contributed by atoms with E-state index in [4.69, 9.17) is 0 Å². The van der Waals surface area contributed by atoms with E-state index in [1.54, 1.807) is 5.57 Å². The summed E-state index contributed by atoms with van der Waals surface area (Å²) in [5.41, 5.74) is 4.45. The maximum atomic E-state index is 10.5. The summed E-state index contributed by atoms with van der Waals surface area (Å²) in [7, 11) is 0. The molecule has 0 spiro atoms. The van der Waals surface area contributed by atoms with Crippen molar-refractivity contribution in [3.8, 4) is 0 Å². The number of aliphatic hydroxyl groups is 1. The van der Waals surface area contributed by atoms with Crippen LogP contribution in [0.2, 0.25) is 0 Å². The molecule has 0 aromatic carbocycles. The van der Waals surface area contributed by atoms with Gasteiger partial charge in [0.2, 0.25) is 0 Å². The second-order valence-corrected chi connectivity index (χ2v) is 12.9. The fourth-order valence-corrected chi connectivity index (χ4v) is 9.28. The Morgan fingerprint density at radius 1 is 1.06 bits per heavy atom. The van der Waals surface area contributed by atoms with Gasteiger partial charge in [0.1, 0.15) is 0 Å². The van der Waals surface area contributed by atoms with E-state index in [0.29, 0.717) is 28.6 Å². The third kappa shape index (κ3) is 3.79. The zero-order valence-corrected chi connectivity index (χ0v) is 21.6. The van der Waals surface area contributed by atoms with E-state index in [9.17, 15) is 5.11 Å². The Bertz CT molecular complexity index is 716. The molecule has 31 heavy (non-hydrogen) atoms. The van der Waals surface area contributed by atoms with E-state index in [1.165, 1.54) is 51.4 Å². The number of allylic oxidation sites excluding steroid dienone is 4. The Kier molecular flexibility index (Phi) is 6.59. The maximum Gasteiger partial charge on any atom is 0.0568 e.